The first-order chi connectivity index (χ1) is 8.12. The van der Waals surface area contributed by atoms with Crippen LogP contribution in [0, 0.1) is 0 Å². The van der Waals surface area contributed by atoms with Crippen LogP contribution in [-0.2, 0) is 0 Å². The summed E-state index contributed by atoms with van der Waals surface area (Å²) in [6.07, 6.45) is 0. The molecular weight excluding hydrogens is 210 g/mol. The van der Waals surface area contributed by atoms with Crippen molar-refractivity contribution in [3.05, 3.63) is 42.5 Å². The Morgan fingerprint density at radius 1 is 1.06 bits per heavy atom. The van der Waals surface area contributed by atoms with Gasteiger partial charge >= 0.3 is 0 Å². The van der Waals surface area contributed by atoms with E-state index in [1.165, 1.54) is 10.8 Å². The molecule has 0 amide bonds. The van der Waals surface area contributed by atoms with E-state index in [1.54, 1.807) is 0 Å². The minimum Gasteiger partial charge on any atom is -0.491 e. The number of likely N-dealkylation sites (N-methyl/N-ethyl adjacent to an activating group) is 1. The second-order valence-corrected chi connectivity index (χ2v) is 4.90. The van der Waals surface area contributed by atoms with Crippen LogP contribution < -0.4 is 10.1 Å². The molecule has 90 valence electrons. The molecule has 0 aliphatic heterocycles. The number of hydrogen-bond donors (Lipinski definition) is 1. The first kappa shape index (κ1) is 11.9. The van der Waals surface area contributed by atoms with E-state index >= 15 is 0 Å². The largest absolute Gasteiger partial charge is 0.491 e. The van der Waals surface area contributed by atoms with Crippen molar-refractivity contribution in [1.82, 2.24) is 5.32 Å². The van der Waals surface area contributed by atoms with Crippen LogP contribution in [0.1, 0.15) is 13.8 Å². The van der Waals surface area contributed by atoms with E-state index in [-0.39, 0.29) is 5.54 Å². The van der Waals surface area contributed by atoms with Crippen LogP contribution in [0.15, 0.2) is 42.5 Å². The summed E-state index contributed by atoms with van der Waals surface area (Å²) >= 11 is 0. The molecule has 0 spiro atoms. The average Bonchev–Trinajstić information content (AvgIpc) is 2.36. The summed E-state index contributed by atoms with van der Waals surface area (Å²) in [7, 11) is 1.95. The maximum absolute atomic E-state index is 5.91. The maximum atomic E-state index is 5.91. The van der Waals surface area contributed by atoms with E-state index in [2.05, 4.69) is 37.4 Å². The van der Waals surface area contributed by atoms with Crippen LogP contribution in [0.5, 0.6) is 5.75 Å². The van der Waals surface area contributed by atoms with Gasteiger partial charge in [-0.1, -0.05) is 36.4 Å². The van der Waals surface area contributed by atoms with Crippen molar-refractivity contribution in [3.63, 3.8) is 0 Å². The van der Waals surface area contributed by atoms with Crippen LogP contribution in [0.25, 0.3) is 10.8 Å². The van der Waals surface area contributed by atoms with Crippen LogP contribution in [0.3, 0.4) is 0 Å². The Morgan fingerprint density at radius 3 is 2.53 bits per heavy atom. The Hall–Kier alpha value is -1.54. The van der Waals surface area contributed by atoms with Crippen LogP contribution in [0.2, 0.25) is 0 Å². The second kappa shape index (κ2) is 4.76. The molecule has 0 saturated heterocycles. The first-order valence-electron chi connectivity index (χ1n) is 5.92. The van der Waals surface area contributed by atoms with Crippen molar-refractivity contribution in [2.75, 3.05) is 13.7 Å². The fourth-order valence-electron chi connectivity index (χ4n) is 1.65. The molecule has 0 radical (unpaired) electrons. The number of nitrogens with one attached hydrogen (secondary N) is 1. The van der Waals surface area contributed by atoms with E-state index in [1.807, 2.05) is 31.3 Å². The van der Waals surface area contributed by atoms with Gasteiger partial charge in [-0.2, -0.15) is 0 Å². The van der Waals surface area contributed by atoms with Crippen molar-refractivity contribution in [2.45, 2.75) is 19.4 Å². The summed E-state index contributed by atoms with van der Waals surface area (Å²) < 4.78 is 5.91. The highest BCUT2D eigenvalue weighted by Gasteiger charge is 2.15. The summed E-state index contributed by atoms with van der Waals surface area (Å²) in [6.45, 7) is 4.90. The van der Waals surface area contributed by atoms with Gasteiger partial charge in [-0.15, -0.1) is 0 Å². The molecule has 0 heterocycles. The second-order valence-electron chi connectivity index (χ2n) is 4.90. The monoisotopic (exact) mass is 229 g/mol. The van der Waals surface area contributed by atoms with E-state index < -0.39 is 0 Å². The van der Waals surface area contributed by atoms with Gasteiger partial charge in [0.2, 0.25) is 0 Å². The first-order valence-corrected chi connectivity index (χ1v) is 5.92. The Balaban J connectivity index is 2.24. The number of ether oxygens (including phenoxy) is 1. The third-order valence-corrected chi connectivity index (χ3v) is 3.01. The molecule has 2 rings (SSSR count). The topological polar surface area (TPSA) is 21.3 Å². The molecule has 0 saturated carbocycles. The molecule has 0 atom stereocenters. The average molecular weight is 229 g/mol. The zero-order valence-electron chi connectivity index (χ0n) is 10.7. The lowest BCUT2D eigenvalue weighted by Crippen LogP contribution is -2.42. The van der Waals surface area contributed by atoms with E-state index in [0.29, 0.717) is 6.61 Å². The molecular formula is C15H19NO. The SMILES string of the molecule is CNC(C)(C)COc1cccc2ccccc12. The Bertz CT molecular complexity index is 500. The van der Waals surface area contributed by atoms with Gasteiger partial charge in [0.05, 0.1) is 0 Å². The standard InChI is InChI=1S/C15H19NO/c1-15(2,16-3)11-17-14-10-6-8-12-7-4-5-9-13(12)14/h4-10,16H,11H2,1-3H3. The van der Waals surface area contributed by atoms with Gasteiger partial charge in [-0.05, 0) is 32.3 Å². The van der Waals surface area contributed by atoms with Crippen LogP contribution in [-0.4, -0.2) is 19.2 Å². The van der Waals surface area contributed by atoms with Crippen LogP contribution >= 0.6 is 0 Å². The third kappa shape index (κ3) is 2.77. The lowest BCUT2D eigenvalue weighted by atomic mass is 10.1. The molecule has 0 aromatic heterocycles. The summed E-state index contributed by atoms with van der Waals surface area (Å²) in [5.74, 6) is 0.950. The normalized spacial score (nSPS) is 11.7. The van der Waals surface area contributed by atoms with Gasteiger partial charge in [-0.3, -0.25) is 0 Å². The molecule has 1 N–H and O–H groups in total. The zero-order valence-corrected chi connectivity index (χ0v) is 10.7. The molecule has 0 unspecified atom stereocenters. The van der Waals surface area contributed by atoms with Gasteiger partial charge < -0.3 is 10.1 Å². The molecule has 2 nitrogen and oxygen atoms in total. The molecule has 0 aliphatic carbocycles. The minimum atomic E-state index is -0.0169. The Morgan fingerprint density at radius 2 is 1.76 bits per heavy atom. The highest BCUT2D eigenvalue weighted by atomic mass is 16.5. The Labute approximate surface area is 103 Å². The summed E-state index contributed by atoms with van der Waals surface area (Å²) in [4.78, 5) is 0. The van der Waals surface area contributed by atoms with Crippen molar-refractivity contribution < 1.29 is 4.74 Å². The van der Waals surface area contributed by atoms with Gasteiger partial charge in [0.15, 0.2) is 0 Å². The predicted molar refractivity (Wildman–Crippen MR) is 72.6 cm³/mol. The van der Waals surface area contributed by atoms with E-state index in [4.69, 9.17) is 4.74 Å². The lowest BCUT2D eigenvalue weighted by molar-refractivity contribution is 0.219. The molecule has 2 aromatic rings. The van der Waals surface area contributed by atoms with Gasteiger partial charge in [0, 0.05) is 10.9 Å². The third-order valence-electron chi connectivity index (χ3n) is 3.01. The molecule has 2 aromatic carbocycles. The highest BCUT2D eigenvalue weighted by molar-refractivity contribution is 5.88. The van der Waals surface area contributed by atoms with Crippen molar-refractivity contribution >= 4 is 10.8 Å². The summed E-state index contributed by atoms with van der Waals surface area (Å²) in [5.41, 5.74) is -0.0169. The smallest absolute Gasteiger partial charge is 0.127 e. The number of rotatable bonds is 4. The molecule has 0 bridgehead atoms. The highest BCUT2D eigenvalue weighted by Crippen LogP contribution is 2.25. The predicted octanol–water partition coefficient (Wildman–Crippen LogP) is 3.22. The quantitative estimate of drug-likeness (QED) is 0.869. The van der Waals surface area contributed by atoms with Gasteiger partial charge in [0.1, 0.15) is 12.4 Å². The zero-order chi connectivity index (χ0) is 12.3. The fourth-order valence-corrected chi connectivity index (χ4v) is 1.65. The summed E-state index contributed by atoms with van der Waals surface area (Å²) in [5, 5.41) is 5.62. The van der Waals surface area contributed by atoms with Crippen molar-refractivity contribution in [1.29, 1.82) is 0 Å². The number of benzene rings is 2. The number of hydrogen-bond acceptors (Lipinski definition) is 2. The fraction of sp³-hybridized carbons (Fsp3) is 0.333. The van der Waals surface area contributed by atoms with E-state index in [0.717, 1.165) is 5.75 Å². The Kier molecular flexibility index (Phi) is 3.34. The maximum Gasteiger partial charge on any atom is 0.127 e. The summed E-state index contributed by atoms with van der Waals surface area (Å²) in [6, 6.07) is 14.4. The van der Waals surface area contributed by atoms with E-state index in [9.17, 15) is 0 Å². The number of fused-ring (bicyclic) bond motifs is 1. The molecule has 0 aliphatic rings. The lowest BCUT2D eigenvalue weighted by Gasteiger charge is -2.24. The van der Waals surface area contributed by atoms with Crippen molar-refractivity contribution in [2.24, 2.45) is 0 Å². The molecule has 17 heavy (non-hydrogen) atoms. The van der Waals surface area contributed by atoms with Crippen LogP contribution in [0.4, 0.5) is 0 Å². The molecule has 0 fully saturated rings. The molecule has 2 heteroatoms. The van der Waals surface area contributed by atoms with Gasteiger partial charge in [-0.25, -0.2) is 0 Å². The minimum absolute atomic E-state index is 0.0169. The van der Waals surface area contributed by atoms with Gasteiger partial charge in [0.25, 0.3) is 0 Å². The van der Waals surface area contributed by atoms with Crippen molar-refractivity contribution in [3.8, 4) is 5.75 Å².